The molecule has 0 unspecified atom stereocenters. The number of aromatic nitrogens is 2. The predicted octanol–water partition coefficient (Wildman–Crippen LogP) is 4.17. The summed E-state index contributed by atoms with van der Waals surface area (Å²) < 4.78 is 26.5. The fraction of sp³-hybridized carbons (Fsp3) is 0.200. The number of rotatable bonds is 3. The van der Waals surface area contributed by atoms with Crippen molar-refractivity contribution >= 4 is 33.3 Å². The van der Waals surface area contributed by atoms with Gasteiger partial charge in [0.15, 0.2) is 0 Å². The number of nitrogens with one attached hydrogen (secondary N) is 1. The van der Waals surface area contributed by atoms with E-state index >= 15 is 0 Å². The van der Waals surface area contributed by atoms with Crippen molar-refractivity contribution in [3.8, 4) is 0 Å². The summed E-state index contributed by atoms with van der Waals surface area (Å²) in [6.07, 6.45) is 0. The van der Waals surface area contributed by atoms with E-state index in [1.165, 1.54) is 35.2 Å². The summed E-state index contributed by atoms with van der Waals surface area (Å²) in [5.41, 5.74) is 0.763. The molecule has 3 rings (SSSR count). The first-order valence-electron chi connectivity index (χ1n) is 6.52. The summed E-state index contributed by atoms with van der Waals surface area (Å²) in [6, 6.07) is 3.43. The second kappa shape index (κ2) is 5.81. The van der Waals surface area contributed by atoms with Gasteiger partial charge in [-0.05, 0) is 31.5 Å². The van der Waals surface area contributed by atoms with Crippen LogP contribution < -0.4 is 5.56 Å². The van der Waals surface area contributed by atoms with Crippen LogP contribution >= 0.6 is 23.1 Å². The molecule has 1 aromatic carbocycles. The smallest absolute Gasteiger partial charge is 0.259 e. The van der Waals surface area contributed by atoms with Crippen molar-refractivity contribution in [1.29, 1.82) is 0 Å². The van der Waals surface area contributed by atoms with Gasteiger partial charge in [-0.15, -0.1) is 23.1 Å². The van der Waals surface area contributed by atoms with E-state index in [0.717, 1.165) is 16.5 Å². The van der Waals surface area contributed by atoms with E-state index in [9.17, 15) is 13.6 Å². The van der Waals surface area contributed by atoms with Crippen LogP contribution in [0.5, 0.6) is 0 Å². The van der Waals surface area contributed by atoms with Crippen LogP contribution in [0.2, 0.25) is 0 Å². The summed E-state index contributed by atoms with van der Waals surface area (Å²) >= 11 is 2.64. The Labute approximate surface area is 133 Å². The maximum absolute atomic E-state index is 13.6. The first-order chi connectivity index (χ1) is 10.5. The molecule has 3 nitrogen and oxygen atoms in total. The number of thiophene rings is 1. The van der Waals surface area contributed by atoms with Crippen molar-refractivity contribution < 1.29 is 8.78 Å². The molecule has 114 valence electrons. The minimum absolute atomic E-state index is 0.179. The highest BCUT2D eigenvalue weighted by molar-refractivity contribution is 7.98. The minimum Gasteiger partial charge on any atom is -0.309 e. The molecule has 0 aliphatic heterocycles. The number of thioether (sulfide) groups is 1. The molecule has 0 saturated carbocycles. The Morgan fingerprint density at radius 1 is 1.32 bits per heavy atom. The molecule has 0 bridgehead atoms. The van der Waals surface area contributed by atoms with Crippen LogP contribution in [-0.2, 0) is 5.75 Å². The van der Waals surface area contributed by atoms with Crippen LogP contribution in [0.15, 0.2) is 27.9 Å². The molecule has 0 radical (unpaired) electrons. The summed E-state index contributed by atoms with van der Waals surface area (Å²) in [7, 11) is 0. The first kappa shape index (κ1) is 15.2. The van der Waals surface area contributed by atoms with Crippen molar-refractivity contribution in [3.63, 3.8) is 0 Å². The van der Waals surface area contributed by atoms with Crippen LogP contribution in [0, 0.1) is 25.5 Å². The van der Waals surface area contributed by atoms with Gasteiger partial charge in [0.05, 0.1) is 11.1 Å². The second-order valence-electron chi connectivity index (χ2n) is 4.84. The van der Waals surface area contributed by atoms with Gasteiger partial charge in [-0.1, -0.05) is 0 Å². The highest BCUT2D eigenvalue weighted by atomic mass is 32.2. The number of nitrogens with zero attached hydrogens (tertiary/aromatic N) is 1. The lowest BCUT2D eigenvalue weighted by Crippen LogP contribution is -2.10. The van der Waals surface area contributed by atoms with Crippen molar-refractivity contribution in [1.82, 2.24) is 9.97 Å². The molecular formula is C15H12F2N2OS2. The van der Waals surface area contributed by atoms with Gasteiger partial charge in [-0.3, -0.25) is 4.79 Å². The van der Waals surface area contributed by atoms with Gasteiger partial charge in [0.1, 0.15) is 22.3 Å². The molecular weight excluding hydrogens is 326 g/mol. The maximum atomic E-state index is 13.6. The zero-order chi connectivity index (χ0) is 15.9. The fourth-order valence-corrected chi connectivity index (χ4v) is 3.94. The lowest BCUT2D eigenvalue weighted by Gasteiger charge is -2.03. The number of fused-ring (bicyclic) bond motifs is 1. The number of hydrogen-bond donors (Lipinski definition) is 1. The zero-order valence-electron chi connectivity index (χ0n) is 11.9. The maximum Gasteiger partial charge on any atom is 0.259 e. The Morgan fingerprint density at radius 2 is 2.09 bits per heavy atom. The summed E-state index contributed by atoms with van der Waals surface area (Å²) in [5.74, 6) is -0.438. The number of hydrogen-bond acceptors (Lipinski definition) is 4. The monoisotopic (exact) mass is 338 g/mol. The normalized spacial score (nSPS) is 11.3. The molecule has 0 atom stereocenters. The molecule has 3 aromatic rings. The number of aryl methyl sites for hydroxylation is 2. The molecule has 0 spiro atoms. The molecule has 0 saturated heterocycles. The van der Waals surface area contributed by atoms with Gasteiger partial charge in [-0.25, -0.2) is 13.8 Å². The average Bonchev–Trinajstić information content (AvgIpc) is 2.73. The number of benzene rings is 1. The third-order valence-corrected chi connectivity index (χ3v) is 5.51. The van der Waals surface area contributed by atoms with Gasteiger partial charge >= 0.3 is 0 Å². The Balaban J connectivity index is 1.90. The third-order valence-electron chi connectivity index (χ3n) is 3.35. The van der Waals surface area contributed by atoms with Gasteiger partial charge in [0.2, 0.25) is 0 Å². The fourth-order valence-electron chi connectivity index (χ4n) is 2.11. The Bertz CT molecular complexity index is 918. The van der Waals surface area contributed by atoms with Crippen molar-refractivity contribution in [2.75, 3.05) is 0 Å². The number of aromatic amines is 1. The topological polar surface area (TPSA) is 45.8 Å². The van der Waals surface area contributed by atoms with E-state index in [4.69, 9.17) is 0 Å². The lowest BCUT2D eigenvalue weighted by atomic mass is 10.2. The zero-order valence-corrected chi connectivity index (χ0v) is 13.5. The van der Waals surface area contributed by atoms with Gasteiger partial charge in [0.25, 0.3) is 5.56 Å². The number of H-pyrrole nitrogens is 1. The van der Waals surface area contributed by atoms with Gasteiger partial charge in [0, 0.05) is 15.8 Å². The molecule has 7 heteroatoms. The average molecular weight is 338 g/mol. The Morgan fingerprint density at radius 3 is 2.82 bits per heavy atom. The molecule has 2 aromatic heterocycles. The van der Waals surface area contributed by atoms with Crippen LogP contribution in [0.3, 0.4) is 0 Å². The highest BCUT2D eigenvalue weighted by Gasteiger charge is 2.12. The van der Waals surface area contributed by atoms with E-state index < -0.39 is 11.6 Å². The predicted molar refractivity (Wildman–Crippen MR) is 85.6 cm³/mol. The van der Waals surface area contributed by atoms with Crippen molar-refractivity contribution in [2.45, 2.75) is 24.5 Å². The Hall–Kier alpha value is -1.73. The van der Waals surface area contributed by atoms with Gasteiger partial charge < -0.3 is 4.98 Å². The second-order valence-corrected chi connectivity index (χ2v) is 7.06. The van der Waals surface area contributed by atoms with E-state index in [1.54, 1.807) is 0 Å². The van der Waals surface area contributed by atoms with E-state index in [-0.39, 0.29) is 5.56 Å². The molecule has 2 heterocycles. The van der Waals surface area contributed by atoms with Crippen LogP contribution in [-0.4, -0.2) is 9.97 Å². The molecule has 0 aliphatic carbocycles. The summed E-state index contributed by atoms with van der Waals surface area (Å²) in [4.78, 5) is 21.4. The molecule has 1 N–H and O–H groups in total. The number of halogens is 2. The SMILES string of the molecule is Cc1sc2nc(CSc3ccc(F)cc3F)[nH]c(=O)c2c1C. The quantitative estimate of drug-likeness (QED) is 0.729. The van der Waals surface area contributed by atoms with E-state index in [0.29, 0.717) is 26.7 Å². The largest absolute Gasteiger partial charge is 0.309 e. The summed E-state index contributed by atoms with van der Waals surface area (Å²) in [5, 5.41) is 0.615. The molecule has 0 aliphatic rings. The lowest BCUT2D eigenvalue weighted by molar-refractivity contribution is 0.565. The standard InChI is InChI=1S/C15H12F2N2OS2/c1-7-8(2)22-15-13(7)14(20)18-12(19-15)6-21-11-4-3-9(16)5-10(11)17/h3-5H,6H2,1-2H3,(H,18,19,20). The third kappa shape index (κ3) is 2.78. The minimum atomic E-state index is -0.615. The summed E-state index contributed by atoms with van der Waals surface area (Å²) in [6.45, 7) is 3.84. The molecule has 22 heavy (non-hydrogen) atoms. The van der Waals surface area contributed by atoms with Crippen LogP contribution in [0.25, 0.3) is 10.2 Å². The molecule has 0 amide bonds. The van der Waals surface area contributed by atoms with Gasteiger partial charge in [-0.2, -0.15) is 0 Å². The van der Waals surface area contributed by atoms with Crippen LogP contribution in [0.1, 0.15) is 16.3 Å². The van der Waals surface area contributed by atoms with Crippen molar-refractivity contribution in [2.24, 2.45) is 0 Å². The first-order valence-corrected chi connectivity index (χ1v) is 8.32. The van der Waals surface area contributed by atoms with Crippen LogP contribution in [0.4, 0.5) is 8.78 Å². The van der Waals surface area contributed by atoms with Crippen molar-refractivity contribution in [3.05, 3.63) is 56.5 Å². The van der Waals surface area contributed by atoms with E-state index in [2.05, 4.69) is 9.97 Å². The molecule has 0 fully saturated rings. The Kier molecular flexibility index (Phi) is 4.01. The van der Waals surface area contributed by atoms with E-state index in [1.807, 2.05) is 13.8 Å². The highest BCUT2D eigenvalue weighted by Crippen LogP contribution is 2.28.